The van der Waals surface area contributed by atoms with E-state index in [9.17, 15) is 4.57 Å². The molecule has 1 atom stereocenters. The first-order chi connectivity index (χ1) is 8.14. The smallest absolute Gasteiger partial charge is 0.140 e. The van der Waals surface area contributed by atoms with Crippen LogP contribution in [0.15, 0.2) is 54.6 Å². The Balaban J connectivity index is 2.41. The van der Waals surface area contributed by atoms with Crippen molar-refractivity contribution in [3.63, 3.8) is 0 Å². The average molecular weight is 246 g/mol. The summed E-state index contributed by atoms with van der Waals surface area (Å²) >= 11 is 0. The van der Waals surface area contributed by atoms with Gasteiger partial charge in [0.15, 0.2) is 0 Å². The predicted octanol–water partition coefficient (Wildman–Crippen LogP) is 2.64. The highest BCUT2D eigenvalue weighted by Gasteiger charge is 2.20. The number of hydrogen-bond acceptors (Lipinski definition) is 2. The van der Waals surface area contributed by atoms with Crippen molar-refractivity contribution in [1.29, 1.82) is 0 Å². The van der Waals surface area contributed by atoms with Crippen LogP contribution in [0.4, 0.5) is 0 Å². The Morgan fingerprint density at radius 1 is 0.882 bits per heavy atom. The van der Waals surface area contributed by atoms with Gasteiger partial charge in [-0.15, -0.1) is 0 Å². The van der Waals surface area contributed by atoms with Gasteiger partial charge in [-0.25, -0.2) is 0 Å². The van der Waals surface area contributed by atoms with Crippen LogP contribution in [0.1, 0.15) is 0 Å². The van der Waals surface area contributed by atoms with E-state index in [4.69, 9.17) is 4.74 Å². The van der Waals surface area contributed by atoms with Crippen LogP contribution in [-0.2, 0) is 4.57 Å². The summed E-state index contributed by atoms with van der Waals surface area (Å²) in [4.78, 5) is 0. The summed E-state index contributed by atoms with van der Waals surface area (Å²) < 4.78 is 17.9. The maximum Gasteiger partial charge on any atom is 0.140 e. The molecule has 3 heteroatoms. The molecular weight excluding hydrogens is 231 g/mol. The van der Waals surface area contributed by atoms with Crippen molar-refractivity contribution in [3.05, 3.63) is 54.6 Å². The Kier molecular flexibility index (Phi) is 3.35. The van der Waals surface area contributed by atoms with Crippen molar-refractivity contribution in [2.24, 2.45) is 0 Å². The topological polar surface area (TPSA) is 26.3 Å². The van der Waals surface area contributed by atoms with Crippen molar-refractivity contribution in [2.75, 3.05) is 13.8 Å². The normalized spacial score (nSPS) is 14.0. The van der Waals surface area contributed by atoms with Crippen LogP contribution in [0.5, 0.6) is 5.75 Å². The van der Waals surface area contributed by atoms with E-state index in [0.717, 1.165) is 16.4 Å². The predicted molar refractivity (Wildman–Crippen MR) is 72.2 cm³/mol. The van der Waals surface area contributed by atoms with Crippen LogP contribution in [0.3, 0.4) is 0 Å². The summed E-state index contributed by atoms with van der Waals surface area (Å²) in [6.07, 6.45) is 0. The molecule has 0 spiro atoms. The van der Waals surface area contributed by atoms with E-state index in [2.05, 4.69) is 0 Å². The summed E-state index contributed by atoms with van der Waals surface area (Å²) in [5, 5.41) is 1.73. The maximum absolute atomic E-state index is 12.8. The molecule has 0 N–H and O–H groups in total. The Morgan fingerprint density at radius 3 is 1.94 bits per heavy atom. The molecule has 0 radical (unpaired) electrons. The minimum absolute atomic E-state index is 0.779. The van der Waals surface area contributed by atoms with Crippen molar-refractivity contribution in [1.82, 2.24) is 0 Å². The Hall–Kier alpha value is -1.53. The minimum atomic E-state index is -2.48. The third kappa shape index (κ3) is 2.42. The van der Waals surface area contributed by atoms with Crippen molar-refractivity contribution in [2.45, 2.75) is 0 Å². The number of benzene rings is 2. The third-order valence-electron chi connectivity index (χ3n) is 2.81. The lowest BCUT2D eigenvalue weighted by Gasteiger charge is -2.14. The zero-order valence-corrected chi connectivity index (χ0v) is 10.9. The van der Waals surface area contributed by atoms with Crippen LogP contribution in [-0.4, -0.2) is 13.8 Å². The highest BCUT2D eigenvalue weighted by Crippen LogP contribution is 2.38. The van der Waals surface area contributed by atoms with Gasteiger partial charge in [0.2, 0.25) is 0 Å². The minimum Gasteiger partial charge on any atom is -0.497 e. The molecule has 0 aliphatic carbocycles. The molecule has 0 saturated carbocycles. The summed E-state index contributed by atoms with van der Waals surface area (Å²) in [6.45, 7) is 1.80. The van der Waals surface area contributed by atoms with Gasteiger partial charge in [0.25, 0.3) is 0 Å². The van der Waals surface area contributed by atoms with Crippen molar-refractivity contribution in [3.8, 4) is 5.75 Å². The fourth-order valence-corrected chi connectivity index (χ4v) is 3.49. The molecule has 2 rings (SSSR count). The largest absolute Gasteiger partial charge is 0.497 e. The number of methoxy groups -OCH3 is 1. The van der Waals surface area contributed by atoms with Gasteiger partial charge in [0.05, 0.1) is 7.11 Å². The SMILES string of the molecule is COc1ccc(P(C)(=O)c2ccccc2)cc1. The molecule has 2 nitrogen and oxygen atoms in total. The number of hydrogen-bond donors (Lipinski definition) is 0. The van der Waals surface area contributed by atoms with E-state index < -0.39 is 7.14 Å². The fourth-order valence-electron chi connectivity index (χ4n) is 1.73. The number of ether oxygens (including phenoxy) is 1. The molecule has 0 fully saturated rings. The van der Waals surface area contributed by atoms with Gasteiger partial charge in [-0.3, -0.25) is 0 Å². The summed E-state index contributed by atoms with van der Waals surface area (Å²) in [5.74, 6) is 0.779. The molecule has 88 valence electrons. The molecule has 0 aromatic heterocycles. The Morgan fingerprint density at radius 2 is 1.41 bits per heavy atom. The van der Waals surface area contributed by atoms with Crippen LogP contribution < -0.4 is 15.3 Å². The van der Waals surface area contributed by atoms with Gasteiger partial charge in [-0.05, 0) is 30.9 Å². The van der Waals surface area contributed by atoms with E-state index in [-0.39, 0.29) is 0 Å². The lowest BCUT2D eigenvalue weighted by molar-refractivity contribution is 0.415. The molecular formula is C14H15O2P. The summed E-state index contributed by atoms with van der Waals surface area (Å²) in [7, 11) is -0.860. The first kappa shape index (κ1) is 11.9. The standard InChI is InChI=1S/C14H15O2P/c1-16-12-8-10-14(11-9-12)17(2,15)13-6-4-3-5-7-13/h3-11H,1-2H3. The van der Waals surface area contributed by atoms with E-state index in [1.54, 1.807) is 13.8 Å². The Bertz CT molecular complexity index is 532. The van der Waals surface area contributed by atoms with Crippen LogP contribution in [0, 0.1) is 0 Å². The van der Waals surface area contributed by atoms with Crippen LogP contribution in [0.25, 0.3) is 0 Å². The summed E-state index contributed by atoms with van der Waals surface area (Å²) in [6, 6.07) is 17.0. The first-order valence-electron chi connectivity index (χ1n) is 5.42. The molecule has 0 heterocycles. The zero-order valence-electron chi connectivity index (χ0n) is 9.96. The van der Waals surface area contributed by atoms with Gasteiger partial charge in [-0.2, -0.15) is 0 Å². The lowest BCUT2D eigenvalue weighted by atomic mass is 10.3. The van der Waals surface area contributed by atoms with Crippen LogP contribution >= 0.6 is 7.14 Å². The fraction of sp³-hybridized carbons (Fsp3) is 0.143. The van der Waals surface area contributed by atoms with Gasteiger partial charge < -0.3 is 9.30 Å². The average Bonchev–Trinajstić information content (AvgIpc) is 2.40. The van der Waals surface area contributed by atoms with Crippen molar-refractivity contribution >= 4 is 17.8 Å². The van der Waals surface area contributed by atoms with Gasteiger partial charge in [0.1, 0.15) is 12.9 Å². The molecule has 0 amide bonds. The monoisotopic (exact) mass is 246 g/mol. The lowest BCUT2D eigenvalue weighted by Crippen LogP contribution is -2.14. The molecule has 2 aromatic carbocycles. The van der Waals surface area contributed by atoms with E-state index in [0.29, 0.717) is 0 Å². The highest BCUT2D eigenvalue weighted by atomic mass is 31.2. The molecule has 0 aliphatic rings. The van der Waals surface area contributed by atoms with Crippen molar-refractivity contribution < 1.29 is 9.30 Å². The molecule has 17 heavy (non-hydrogen) atoms. The van der Waals surface area contributed by atoms with E-state index in [1.807, 2.05) is 54.6 Å². The zero-order chi connectivity index (χ0) is 12.3. The van der Waals surface area contributed by atoms with Gasteiger partial charge in [-0.1, -0.05) is 30.3 Å². The molecule has 2 aromatic rings. The van der Waals surface area contributed by atoms with Gasteiger partial charge in [0, 0.05) is 10.6 Å². The maximum atomic E-state index is 12.8. The summed E-state index contributed by atoms with van der Waals surface area (Å²) in [5.41, 5.74) is 0. The highest BCUT2D eigenvalue weighted by molar-refractivity contribution is 7.78. The molecule has 0 bridgehead atoms. The Labute approximate surface area is 102 Å². The second-order valence-corrected chi connectivity index (χ2v) is 6.84. The van der Waals surface area contributed by atoms with E-state index in [1.165, 1.54) is 0 Å². The third-order valence-corrected chi connectivity index (χ3v) is 5.38. The molecule has 1 unspecified atom stereocenters. The number of rotatable bonds is 3. The second-order valence-electron chi connectivity index (χ2n) is 3.96. The second kappa shape index (κ2) is 4.77. The van der Waals surface area contributed by atoms with Crippen LogP contribution in [0.2, 0.25) is 0 Å². The molecule has 0 aliphatic heterocycles. The quantitative estimate of drug-likeness (QED) is 0.778. The van der Waals surface area contributed by atoms with Gasteiger partial charge >= 0.3 is 0 Å². The first-order valence-corrected chi connectivity index (χ1v) is 7.58. The van der Waals surface area contributed by atoms with E-state index >= 15 is 0 Å². The molecule has 0 saturated heterocycles.